The molecule has 0 spiro atoms. The first-order valence-corrected chi connectivity index (χ1v) is 10.7. The summed E-state index contributed by atoms with van der Waals surface area (Å²) in [5.74, 6) is 1.65. The number of fused-ring (bicyclic) bond motifs is 1. The van der Waals surface area contributed by atoms with Crippen LogP contribution in [0, 0.1) is 6.92 Å². The van der Waals surface area contributed by atoms with Crippen LogP contribution >= 0.6 is 0 Å². The zero-order chi connectivity index (χ0) is 20.7. The Kier molecular flexibility index (Phi) is 4.87. The van der Waals surface area contributed by atoms with Crippen molar-refractivity contribution in [2.45, 2.75) is 52.0 Å². The maximum absolute atomic E-state index is 6.01. The van der Waals surface area contributed by atoms with Crippen LogP contribution in [0.5, 0.6) is 0 Å². The lowest BCUT2D eigenvalue weighted by Gasteiger charge is -2.09. The molecule has 0 saturated carbocycles. The van der Waals surface area contributed by atoms with Gasteiger partial charge in [-0.15, -0.1) is 10.2 Å². The van der Waals surface area contributed by atoms with Gasteiger partial charge in [-0.3, -0.25) is 4.98 Å². The Morgan fingerprint density at radius 1 is 1.13 bits per heavy atom. The third-order valence-corrected chi connectivity index (χ3v) is 5.90. The number of pyridine rings is 1. The van der Waals surface area contributed by atoms with E-state index < -0.39 is 0 Å². The zero-order valence-corrected chi connectivity index (χ0v) is 17.7. The number of aryl methyl sites for hydroxylation is 1. The Balaban J connectivity index is 1.54. The number of rotatable bonds is 5. The Hall–Kier alpha value is -2.99. The average molecular weight is 402 g/mol. The number of aromatic amines is 1. The van der Waals surface area contributed by atoms with E-state index in [2.05, 4.69) is 69.7 Å². The maximum Gasteiger partial charge on any atom is 0.247 e. The summed E-state index contributed by atoms with van der Waals surface area (Å²) in [6, 6.07) is 11.0. The van der Waals surface area contributed by atoms with E-state index in [4.69, 9.17) is 4.42 Å². The molecule has 4 aromatic rings. The molecule has 0 aliphatic carbocycles. The SMILES string of the molecule is Cc1cc(-c2[nH]c3ccc(-c4nnc(CC5CCCN5)o4)cc3c2C(C)C)ccn1. The molecule has 6 heteroatoms. The fraction of sp³-hybridized carbons (Fsp3) is 0.375. The van der Waals surface area contributed by atoms with Crippen molar-refractivity contribution in [1.82, 2.24) is 25.5 Å². The van der Waals surface area contributed by atoms with E-state index >= 15 is 0 Å². The molecule has 30 heavy (non-hydrogen) atoms. The highest BCUT2D eigenvalue weighted by Gasteiger charge is 2.20. The molecule has 1 aromatic carbocycles. The highest BCUT2D eigenvalue weighted by atomic mass is 16.4. The van der Waals surface area contributed by atoms with Crippen molar-refractivity contribution in [2.75, 3.05) is 6.54 Å². The molecule has 5 rings (SSSR count). The Labute approximate surface area is 176 Å². The minimum atomic E-state index is 0.365. The van der Waals surface area contributed by atoms with Crippen LogP contribution in [0.2, 0.25) is 0 Å². The molecule has 1 atom stereocenters. The van der Waals surface area contributed by atoms with Crippen LogP contribution in [0.1, 0.15) is 49.8 Å². The third kappa shape index (κ3) is 3.52. The topological polar surface area (TPSA) is 79.6 Å². The Morgan fingerprint density at radius 3 is 2.80 bits per heavy atom. The molecule has 0 radical (unpaired) electrons. The van der Waals surface area contributed by atoms with Crippen LogP contribution in [0.15, 0.2) is 40.9 Å². The molecular formula is C24H27N5O. The minimum absolute atomic E-state index is 0.365. The molecule has 0 amide bonds. The number of hydrogen-bond donors (Lipinski definition) is 2. The zero-order valence-electron chi connectivity index (χ0n) is 17.7. The summed E-state index contributed by atoms with van der Waals surface area (Å²) in [5, 5.41) is 13.3. The van der Waals surface area contributed by atoms with Crippen molar-refractivity contribution in [2.24, 2.45) is 0 Å². The van der Waals surface area contributed by atoms with Crippen LogP contribution < -0.4 is 5.32 Å². The largest absolute Gasteiger partial charge is 0.421 e. The predicted octanol–water partition coefficient (Wildman–Crippen LogP) is 5.01. The number of H-pyrrole nitrogens is 1. The number of hydrogen-bond acceptors (Lipinski definition) is 5. The highest BCUT2D eigenvalue weighted by Crippen LogP contribution is 2.37. The van der Waals surface area contributed by atoms with Gasteiger partial charge < -0.3 is 14.7 Å². The highest BCUT2D eigenvalue weighted by molar-refractivity contribution is 5.93. The van der Waals surface area contributed by atoms with Crippen LogP contribution in [-0.2, 0) is 6.42 Å². The number of nitrogens with zero attached hydrogens (tertiary/aromatic N) is 3. The Morgan fingerprint density at radius 2 is 2.03 bits per heavy atom. The van der Waals surface area contributed by atoms with Crippen molar-refractivity contribution < 1.29 is 4.42 Å². The van der Waals surface area contributed by atoms with E-state index in [1.54, 1.807) is 0 Å². The molecule has 1 unspecified atom stereocenters. The molecule has 1 aliphatic rings. The molecule has 3 aromatic heterocycles. The van der Waals surface area contributed by atoms with Gasteiger partial charge in [0, 0.05) is 46.4 Å². The second kappa shape index (κ2) is 7.69. The summed E-state index contributed by atoms with van der Waals surface area (Å²) in [5.41, 5.74) is 6.69. The molecule has 0 bridgehead atoms. The summed E-state index contributed by atoms with van der Waals surface area (Å²) in [7, 11) is 0. The lowest BCUT2D eigenvalue weighted by atomic mass is 9.95. The van der Waals surface area contributed by atoms with E-state index in [1.807, 2.05) is 13.1 Å². The van der Waals surface area contributed by atoms with Crippen LogP contribution in [0.3, 0.4) is 0 Å². The van der Waals surface area contributed by atoms with Crippen LogP contribution in [0.4, 0.5) is 0 Å². The Bertz CT molecular complexity index is 1180. The van der Waals surface area contributed by atoms with Crippen LogP contribution in [0.25, 0.3) is 33.6 Å². The number of benzene rings is 1. The van der Waals surface area contributed by atoms with E-state index in [0.29, 0.717) is 23.7 Å². The number of aromatic nitrogens is 4. The summed E-state index contributed by atoms with van der Waals surface area (Å²) < 4.78 is 6.01. The van der Waals surface area contributed by atoms with Crippen molar-refractivity contribution in [1.29, 1.82) is 0 Å². The summed E-state index contributed by atoms with van der Waals surface area (Å²) in [6.07, 6.45) is 5.04. The second-order valence-electron chi connectivity index (χ2n) is 8.51. The van der Waals surface area contributed by atoms with Gasteiger partial charge in [-0.1, -0.05) is 13.8 Å². The van der Waals surface area contributed by atoms with Gasteiger partial charge in [0.1, 0.15) is 0 Å². The molecule has 6 nitrogen and oxygen atoms in total. The van der Waals surface area contributed by atoms with Gasteiger partial charge in [-0.2, -0.15) is 0 Å². The van der Waals surface area contributed by atoms with Crippen molar-refractivity contribution in [3.63, 3.8) is 0 Å². The molecular weight excluding hydrogens is 374 g/mol. The normalized spacial score (nSPS) is 16.7. The van der Waals surface area contributed by atoms with Crippen LogP contribution in [-0.4, -0.2) is 32.8 Å². The third-order valence-electron chi connectivity index (χ3n) is 5.90. The summed E-state index contributed by atoms with van der Waals surface area (Å²) >= 11 is 0. The lowest BCUT2D eigenvalue weighted by molar-refractivity contribution is 0.464. The molecule has 1 fully saturated rings. The molecule has 1 saturated heterocycles. The van der Waals surface area contributed by atoms with Gasteiger partial charge in [-0.05, 0) is 68.1 Å². The van der Waals surface area contributed by atoms with E-state index in [1.165, 1.54) is 23.8 Å². The van der Waals surface area contributed by atoms with Gasteiger partial charge in [0.05, 0.1) is 5.69 Å². The van der Waals surface area contributed by atoms with Gasteiger partial charge in [0.25, 0.3) is 0 Å². The minimum Gasteiger partial charge on any atom is -0.421 e. The maximum atomic E-state index is 6.01. The molecule has 1 aliphatic heterocycles. The van der Waals surface area contributed by atoms with Crippen molar-refractivity contribution in [3.8, 4) is 22.7 Å². The fourth-order valence-electron chi connectivity index (χ4n) is 4.47. The standard InChI is InChI=1S/C24H27N5O/c1-14(2)22-19-12-17(24-29-28-21(30-24)13-18-5-4-9-26-18)6-7-20(19)27-23(22)16-8-10-25-15(3)11-16/h6-8,10-12,14,18,26-27H,4-5,9,13H2,1-3H3. The smallest absolute Gasteiger partial charge is 0.247 e. The van der Waals surface area contributed by atoms with Crippen molar-refractivity contribution >= 4 is 10.9 Å². The molecule has 154 valence electrons. The fourth-order valence-corrected chi connectivity index (χ4v) is 4.47. The second-order valence-corrected chi connectivity index (χ2v) is 8.51. The van der Waals surface area contributed by atoms with Gasteiger partial charge >= 0.3 is 0 Å². The van der Waals surface area contributed by atoms with E-state index in [-0.39, 0.29) is 0 Å². The lowest BCUT2D eigenvalue weighted by Crippen LogP contribution is -2.23. The monoisotopic (exact) mass is 401 g/mol. The van der Waals surface area contributed by atoms with Gasteiger partial charge in [0.2, 0.25) is 11.8 Å². The first-order valence-electron chi connectivity index (χ1n) is 10.7. The van der Waals surface area contributed by atoms with E-state index in [0.717, 1.165) is 41.0 Å². The number of nitrogens with one attached hydrogen (secondary N) is 2. The summed E-state index contributed by atoms with van der Waals surface area (Å²) in [4.78, 5) is 7.96. The van der Waals surface area contributed by atoms with Gasteiger partial charge in [-0.25, -0.2) is 0 Å². The van der Waals surface area contributed by atoms with E-state index in [9.17, 15) is 0 Å². The quantitative estimate of drug-likeness (QED) is 0.492. The predicted molar refractivity (Wildman–Crippen MR) is 118 cm³/mol. The van der Waals surface area contributed by atoms with Crippen molar-refractivity contribution in [3.05, 3.63) is 53.7 Å². The van der Waals surface area contributed by atoms with Gasteiger partial charge in [0.15, 0.2) is 0 Å². The summed E-state index contributed by atoms with van der Waals surface area (Å²) in [6.45, 7) is 7.55. The first kappa shape index (κ1) is 19.0. The average Bonchev–Trinajstić information content (AvgIpc) is 3.47. The molecule has 2 N–H and O–H groups in total. The molecule has 4 heterocycles. The first-order chi connectivity index (χ1) is 14.6.